The summed E-state index contributed by atoms with van der Waals surface area (Å²) in [6, 6.07) is 14.8. The van der Waals surface area contributed by atoms with Gasteiger partial charge in [-0.3, -0.25) is 19.3 Å². The largest absolute Gasteiger partial charge is 0.332 e. The highest BCUT2D eigenvalue weighted by atomic mass is 16.2. The van der Waals surface area contributed by atoms with Crippen LogP contribution in [0.25, 0.3) is 0 Å². The van der Waals surface area contributed by atoms with Crippen molar-refractivity contribution < 1.29 is 9.59 Å². The van der Waals surface area contributed by atoms with Crippen molar-refractivity contribution in [1.29, 1.82) is 0 Å². The molecule has 196 valence electrons. The van der Waals surface area contributed by atoms with Crippen molar-refractivity contribution in [3.05, 3.63) is 82.3 Å². The average Bonchev–Trinajstić information content (AvgIpc) is 3.20. The number of hydrogen-bond acceptors (Lipinski definition) is 6. The van der Waals surface area contributed by atoms with Crippen molar-refractivity contribution in [3.63, 3.8) is 0 Å². The van der Waals surface area contributed by atoms with E-state index in [1.54, 1.807) is 27.6 Å². The molecular weight excluding hydrogens is 480 g/mol. The zero-order chi connectivity index (χ0) is 27.1. The van der Waals surface area contributed by atoms with Crippen LogP contribution in [0.5, 0.6) is 0 Å². The molecule has 38 heavy (non-hydrogen) atoms. The third-order valence-electron chi connectivity index (χ3n) is 6.84. The quantitative estimate of drug-likeness (QED) is 0.537. The number of carbonyl (C=O) groups is 2. The first-order chi connectivity index (χ1) is 18.1. The van der Waals surface area contributed by atoms with Crippen molar-refractivity contribution in [2.75, 3.05) is 36.2 Å². The van der Waals surface area contributed by atoms with Gasteiger partial charge in [-0.15, -0.1) is 0 Å². The van der Waals surface area contributed by atoms with E-state index < -0.39 is 0 Å². The van der Waals surface area contributed by atoms with Crippen LogP contribution in [0, 0.1) is 20.8 Å². The van der Waals surface area contributed by atoms with E-state index in [1.807, 2.05) is 88.4 Å². The molecule has 0 saturated heterocycles. The fraction of sp³-hybridized carbons (Fsp3) is 0.286. The van der Waals surface area contributed by atoms with E-state index in [0.29, 0.717) is 17.8 Å². The summed E-state index contributed by atoms with van der Waals surface area (Å²) < 4.78 is 1.77. The second kappa shape index (κ2) is 9.70. The molecule has 1 unspecified atom stereocenters. The van der Waals surface area contributed by atoms with Crippen LogP contribution in [0.3, 0.4) is 0 Å². The summed E-state index contributed by atoms with van der Waals surface area (Å²) in [5.74, 6) is 1.44. The molecule has 0 fully saturated rings. The molecular formula is C28H32N8O2. The van der Waals surface area contributed by atoms with Gasteiger partial charge < -0.3 is 15.5 Å². The predicted molar refractivity (Wildman–Crippen MR) is 149 cm³/mol. The van der Waals surface area contributed by atoms with E-state index in [0.717, 1.165) is 39.7 Å². The molecule has 5 rings (SSSR count). The number of anilines is 3. The lowest BCUT2D eigenvalue weighted by atomic mass is 10.1. The number of aliphatic imine (C=N–C) groups is 1. The van der Waals surface area contributed by atoms with Gasteiger partial charge in [0.15, 0.2) is 6.29 Å². The third kappa shape index (κ3) is 4.60. The maximum atomic E-state index is 13.6. The standard InChI is InChI=1S/C28H32N8O2/c1-17-8-7-9-20(12-17)25(37)30-22-11-10-18(2)23(14-22)36-16-21-15-29-27(31-24-13-19(3)32-35(24)6)33(4)26(21)34(5)28(36)38/h7-15,27,31H,16H2,1-6H3,(H,30,37). The van der Waals surface area contributed by atoms with Gasteiger partial charge in [0.25, 0.3) is 5.91 Å². The fourth-order valence-corrected chi connectivity index (χ4v) is 4.90. The number of aryl methyl sites for hydroxylation is 4. The van der Waals surface area contributed by atoms with Crippen LogP contribution < -0.4 is 15.5 Å². The average molecular weight is 513 g/mol. The number of urea groups is 1. The predicted octanol–water partition coefficient (Wildman–Crippen LogP) is 4.09. The Morgan fingerprint density at radius 3 is 2.53 bits per heavy atom. The first kappa shape index (κ1) is 25.1. The molecule has 2 aromatic carbocycles. The molecule has 0 aliphatic carbocycles. The van der Waals surface area contributed by atoms with Gasteiger partial charge in [-0.05, 0) is 50.6 Å². The number of aromatic nitrogens is 2. The molecule has 2 aliphatic heterocycles. The summed E-state index contributed by atoms with van der Waals surface area (Å²) in [6.07, 6.45) is 1.44. The molecule has 0 bridgehead atoms. The van der Waals surface area contributed by atoms with Crippen LogP contribution in [0.15, 0.2) is 64.9 Å². The summed E-state index contributed by atoms with van der Waals surface area (Å²) in [5, 5.41) is 10.7. The van der Waals surface area contributed by atoms with Crippen LogP contribution in [0.2, 0.25) is 0 Å². The smallest absolute Gasteiger partial charge is 0.330 e. The van der Waals surface area contributed by atoms with Gasteiger partial charge in [0.1, 0.15) is 11.6 Å². The van der Waals surface area contributed by atoms with Gasteiger partial charge >= 0.3 is 6.03 Å². The van der Waals surface area contributed by atoms with E-state index in [2.05, 4.69) is 15.7 Å². The zero-order valence-corrected chi connectivity index (χ0v) is 22.5. The topological polar surface area (TPSA) is 98.1 Å². The normalized spacial score (nSPS) is 17.2. The molecule has 0 saturated carbocycles. The van der Waals surface area contributed by atoms with Gasteiger partial charge in [0.2, 0.25) is 0 Å². The number of hydrogen-bond donors (Lipinski definition) is 2. The Morgan fingerprint density at radius 1 is 1.03 bits per heavy atom. The minimum Gasteiger partial charge on any atom is -0.332 e. The third-order valence-corrected chi connectivity index (χ3v) is 6.84. The second-order valence-electron chi connectivity index (χ2n) is 9.80. The highest BCUT2D eigenvalue weighted by Crippen LogP contribution is 2.32. The highest BCUT2D eigenvalue weighted by Gasteiger charge is 2.37. The van der Waals surface area contributed by atoms with Crippen LogP contribution in [0.1, 0.15) is 27.2 Å². The van der Waals surface area contributed by atoms with Crippen LogP contribution >= 0.6 is 0 Å². The molecule has 1 atom stereocenters. The van der Waals surface area contributed by atoms with Crippen LogP contribution in [-0.2, 0) is 7.05 Å². The molecule has 1 aromatic heterocycles. The molecule has 3 heterocycles. The molecule has 3 aromatic rings. The lowest BCUT2D eigenvalue weighted by Crippen LogP contribution is -2.54. The molecule has 0 radical (unpaired) electrons. The maximum absolute atomic E-state index is 13.6. The minimum absolute atomic E-state index is 0.161. The molecule has 10 nitrogen and oxygen atoms in total. The molecule has 2 N–H and O–H groups in total. The van der Waals surface area contributed by atoms with Crippen molar-refractivity contribution in [1.82, 2.24) is 19.6 Å². The number of amides is 3. The van der Waals surface area contributed by atoms with Gasteiger partial charge in [0.05, 0.1) is 17.9 Å². The number of nitrogens with one attached hydrogen (secondary N) is 2. The first-order valence-electron chi connectivity index (χ1n) is 12.4. The first-order valence-corrected chi connectivity index (χ1v) is 12.4. The highest BCUT2D eigenvalue weighted by molar-refractivity contribution is 6.05. The number of carbonyl (C=O) groups excluding carboxylic acids is 2. The lowest BCUT2D eigenvalue weighted by Gasteiger charge is -2.43. The Labute approximate surface area is 222 Å². The van der Waals surface area contributed by atoms with Gasteiger partial charge in [-0.2, -0.15) is 5.10 Å². The Kier molecular flexibility index (Phi) is 6.40. The zero-order valence-electron chi connectivity index (χ0n) is 22.5. The molecule has 2 aliphatic rings. The molecule has 0 spiro atoms. The van der Waals surface area contributed by atoms with Crippen molar-refractivity contribution >= 4 is 35.3 Å². The summed E-state index contributed by atoms with van der Waals surface area (Å²) in [6.45, 7) is 6.20. The van der Waals surface area contributed by atoms with E-state index >= 15 is 0 Å². The summed E-state index contributed by atoms with van der Waals surface area (Å²) in [4.78, 5) is 36.5. The Morgan fingerprint density at radius 2 is 1.82 bits per heavy atom. The van der Waals surface area contributed by atoms with Crippen LogP contribution in [0.4, 0.5) is 22.0 Å². The van der Waals surface area contributed by atoms with Crippen LogP contribution in [-0.4, -0.2) is 64.7 Å². The minimum atomic E-state index is -0.382. The van der Waals surface area contributed by atoms with Crippen molar-refractivity contribution in [2.45, 2.75) is 27.1 Å². The summed E-state index contributed by atoms with van der Waals surface area (Å²) in [7, 11) is 5.56. The van der Waals surface area contributed by atoms with E-state index in [1.165, 1.54) is 0 Å². The van der Waals surface area contributed by atoms with Gasteiger partial charge in [0, 0.05) is 50.2 Å². The van der Waals surface area contributed by atoms with Gasteiger partial charge in [-0.25, -0.2) is 9.79 Å². The monoisotopic (exact) mass is 512 g/mol. The number of benzene rings is 2. The van der Waals surface area contributed by atoms with Crippen molar-refractivity contribution in [3.8, 4) is 0 Å². The van der Waals surface area contributed by atoms with E-state index in [9.17, 15) is 9.59 Å². The number of nitrogens with zero attached hydrogens (tertiary/aromatic N) is 6. The summed E-state index contributed by atoms with van der Waals surface area (Å²) >= 11 is 0. The molecule has 3 amide bonds. The Bertz CT molecular complexity index is 1490. The SMILES string of the molecule is Cc1cccc(C(=O)Nc2ccc(C)c(N3CC4=C(N(C)C3=O)N(C)C(Nc3cc(C)nn3C)N=C4)c2)c1. The number of rotatable bonds is 5. The Balaban J connectivity index is 1.38. The summed E-state index contributed by atoms with van der Waals surface area (Å²) in [5.41, 5.74) is 5.71. The van der Waals surface area contributed by atoms with Crippen molar-refractivity contribution in [2.24, 2.45) is 12.0 Å². The van der Waals surface area contributed by atoms with E-state index in [4.69, 9.17) is 4.99 Å². The fourth-order valence-electron chi connectivity index (χ4n) is 4.90. The molecule has 10 heteroatoms. The lowest BCUT2D eigenvalue weighted by molar-refractivity contribution is 0.102. The maximum Gasteiger partial charge on any atom is 0.330 e. The van der Waals surface area contributed by atoms with E-state index in [-0.39, 0.29) is 18.2 Å². The second-order valence-corrected chi connectivity index (χ2v) is 9.80. The van der Waals surface area contributed by atoms with Gasteiger partial charge in [-0.1, -0.05) is 23.8 Å². The Hall–Kier alpha value is -4.60.